The normalized spacial score (nSPS) is 12.1. The van der Waals surface area contributed by atoms with Crippen LogP contribution in [0.4, 0.5) is 0 Å². The van der Waals surface area contributed by atoms with Gasteiger partial charge in [0.25, 0.3) is 0 Å². The molecule has 2 rings (SSSR count). The molecule has 0 radical (unpaired) electrons. The number of benzene rings is 2. The van der Waals surface area contributed by atoms with E-state index in [2.05, 4.69) is 0 Å². The van der Waals surface area contributed by atoms with Crippen LogP contribution in [0.2, 0.25) is 0 Å². The summed E-state index contributed by atoms with van der Waals surface area (Å²) in [5.41, 5.74) is 0. The molecule has 0 fully saturated rings. The molecule has 1 unspecified atom stereocenters. The van der Waals surface area contributed by atoms with E-state index in [1.807, 2.05) is 0 Å². The zero-order valence-corrected chi connectivity index (χ0v) is 10.4. The number of aromatic hydroxyl groups is 1. The van der Waals surface area contributed by atoms with Gasteiger partial charge in [0.05, 0.1) is 0 Å². The minimum Gasteiger partial charge on any atom is -0.768 e. The van der Waals surface area contributed by atoms with Crippen LogP contribution in [0.25, 0.3) is 10.8 Å². The van der Waals surface area contributed by atoms with Crippen molar-refractivity contribution in [3.05, 3.63) is 36.4 Å². The van der Waals surface area contributed by atoms with E-state index in [4.69, 9.17) is 0 Å². The van der Waals surface area contributed by atoms with Gasteiger partial charge >= 0.3 is 0 Å². The summed E-state index contributed by atoms with van der Waals surface area (Å²) < 4.78 is 21.4. The van der Waals surface area contributed by atoms with Crippen LogP contribution in [-0.2, 0) is 32.1 Å². The Morgan fingerprint density at radius 3 is 2.53 bits per heavy atom. The van der Waals surface area contributed by atoms with Crippen molar-refractivity contribution in [2.24, 2.45) is 0 Å². The van der Waals surface area contributed by atoms with Crippen molar-refractivity contribution in [3.8, 4) is 5.75 Å². The van der Waals surface area contributed by atoms with E-state index in [1.165, 1.54) is 12.1 Å². The van der Waals surface area contributed by atoms with Gasteiger partial charge in [0.15, 0.2) is 0 Å². The molecule has 0 heterocycles. The molecular formula is C10H7MoO3S-. The Hall–Kier alpha value is -0.702. The zero-order chi connectivity index (χ0) is 10.1. The van der Waals surface area contributed by atoms with Crippen LogP contribution in [-0.4, -0.2) is 13.9 Å². The summed E-state index contributed by atoms with van der Waals surface area (Å²) >= 11 is -2.31. The topological polar surface area (TPSA) is 60.4 Å². The maximum Gasteiger partial charge on any atom is 0.124 e. The Labute approximate surface area is 104 Å². The van der Waals surface area contributed by atoms with E-state index in [0.717, 1.165) is 0 Å². The van der Waals surface area contributed by atoms with E-state index < -0.39 is 11.1 Å². The van der Waals surface area contributed by atoms with E-state index in [9.17, 15) is 13.9 Å². The van der Waals surface area contributed by atoms with Gasteiger partial charge in [0.1, 0.15) is 5.75 Å². The maximum absolute atomic E-state index is 10.7. The first-order valence-electron chi connectivity index (χ1n) is 3.99. The Kier molecular flexibility index (Phi) is 4.03. The molecule has 2 aromatic carbocycles. The number of phenolic OH excluding ortho intramolecular Hbond substituents is 1. The molecule has 1 N–H and O–H groups in total. The molecule has 0 saturated heterocycles. The monoisotopic (exact) mass is 305 g/mol. The third kappa shape index (κ3) is 2.45. The molecule has 15 heavy (non-hydrogen) atoms. The second-order valence-electron chi connectivity index (χ2n) is 2.90. The van der Waals surface area contributed by atoms with Crippen LogP contribution in [0.5, 0.6) is 5.75 Å². The van der Waals surface area contributed by atoms with Gasteiger partial charge in [-0.2, -0.15) is 0 Å². The first-order valence-corrected chi connectivity index (χ1v) is 5.07. The average Bonchev–Trinajstić information content (AvgIpc) is 2.17. The molecule has 0 aliphatic carbocycles. The molecule has 0 amide bonds. The van der Waals surface area contributed by atoms with Crippen LogP contribution >= 0.6 is 0 Å². The molecule has 0 saturated carbocycles. The number of phenols is 1. The minimum atomic E-state index is -2.31. The van der Waals surface area contributed by atoms with Crippen LogP contribution in [0.1, 0.15) is 0 Å². The standard InChI is InChI=1S/C10H8O3S.Mo/c11-10-6-8(14(12)13)5-7-3-1-2-4-9(7)10;/h1-6,11H,(H,12,13);/p-1. The molecule has 0 spiro atoms. The van der Waals surface area contributed by atoms with Crippen molar-refractivity contribution < 1.29 is 34.9 Å². The van der Waals surface area contributed by atoms with E-state index in [0.29, 0.717) is 10.8 Å². The molecule has 1 atom stereocenters. The van der Waals surface area contributed by atoms with Gasteiger partial charge in [-0.05, 0) is 28.6 Å². The van der Waals surface area contributed by atoms with Crippen molar-refractivity contribution in [3.63, 3.8) is 0 Å². The second kappa shape index (κ2) is 4.88. The molecule has 0 aliphatic heterocycles. The van der Waals surface area contributed by atoms with Gasteiger partial charge in [-0.15, -0.1) is 0 Å². The van der Waals surface area contributed by atoms with Crippen LogP contribution < -0.4 is 0 Å². The number of fused-ring (bicyclic) bond motifs is 1. The maximum atomic E-state index is 10.7. The van der Waals surface area contributed by atoms with Crippen LogP contribution in [0.15, 0.2) is 41.3 Å². The Balaban J connectivity index is 0.00000112. The van der Waals surface area contributed by atoms with Crippen molar-refractivity contribution in [2.75, 3.05) is 0 Å². The van der Waals surface area contributed by atoms with Crippen LogP contribution in [0.3, 0.4) is 0 Å². The number of hydrogen-bond acceptors (Lipinski definition) is 3. The first kappa shape index (κ1) is 12.4. The van der Waals surface area contributed by atoms with Gasteiger partial charge in [-0.1, -0.05) is 24.3 Å². The molecule has 0 aromatic heterocycles. The number of hydrogen-bond donors (Lipinski definition) is 1. The van der Waals surface area contributed by atoms with E-state index >= 15 is 0 Å². The fourth-order valence-electron chi connectivity index (χ4n) is 1.36. The van der Waals surface area contributed by atoms with E-state index in [-0.39, 0.29) is 31.7 Å². The zero-order valence-electron chi connectivity index (χ0n) is 7.54. The van der Waals surface area contributed by atoms with Gasteiger partial charge in [-0.3, -0.25) is 4.21 Å². The first-order chi connectivity index (χ1) is 6.68. The van der Waals surface area contributed by atoms with Gasteiger partial charge in [0, 0.05) is 31.3 Å². The summed E-state index contributed by atoms with van der Waals surface area (Å²) in [6.07, 6.45) is 0. The molecular weight excluding hydrogens is 296 g/mol. The van der Waals surface area contributed by atoms with Crippen LogP contribution in [0, 0.1) is 0 Å². The predicted octanol–water partition coefficient (Wildman–Crippen LogP) is 1.78. The van der Waals surface area contributed by atoms with Gasteiger partial charge in [-0.25, -0.2) is 0 Å². The molecule has 5 heteroatoms. The summed E-state index contributed by atoms with van der Waals surface area (Å²) in [6.45, 7) is 0. The minimum absolute atomic E-state index is 0. The van der Waals surface area contributed by atoms with Crippen molar-refractivity contribution >= 4 is 21.9 Å². The second-order valence-corrected chi connectivity index (χ2v) is 3.84. The average molecular weight is 303 g/mol. The molecule has 3 nitrogen and oxygen atoms in total. The SMILES string of the molecule is O=S([O-])c1cc(O)c2ccccc2c1.[Mo]. The Morgan fingerprint density at radius 2 is 1.87 bits per heavy atom. The Bertz CT molecular complexity index is 513. The summed E-state index contributed by atoms with van der Waals surface area (Å²) in [6, 6.07) is 9.84. The predicted molar refractivity (Wildman–Crippen MR) is 52.8 cm³/mol. The fourth-order valence-corrected chi connectivity index (χ4v) is 1.79. The summed E-state index contributed by atoms with van der Waals surface area (Å²) in [7, 11) is 0. The largest absolute Gasteiger partial charge is 0.768 e. The van der Waals surface area contributed by atoms with Gasteiger partial charge < -0.3 is 9.66 Å². The molecule has 2 aromatic rings. The quantitative estimate of drug-likeness (QED) is 0.645. The summed E-state index contributed by atoms with van der Waals surface area (Å²) in [5.74, 6) is -0.0118. The van der Waals surface area contributed by atoms with E-state index in [1.54, 1.807) is 24.3 Å². The van der Waals surface area contributed by atoms with Crippen molar-refractivity contribution in [1.29, 1.82) is 0 Å². The smallest absolute Gasteiger partial charge is 0.124 e. The van der Waals surface area contributed by atoms with Crippen molar-refractivity contribution in [2.45, 2.75) is 4.90 Å². The molecule has 0 bridgehead atoms. The molecule has 0 aliphatic rings. The van der Waals surface area contributed by atoms with Crippen molar-refractivity contribution in [1.82, 2.24) is 0 Å². The Morgan fingerprint density at radius 1 is 1.20 bits per heavy atom. The molecule has 78 valence electrons. The third-order valence-electron chi connectivity index (χ3n) is 2.01. The fraction of sp³-hybridized carbons (Fsp3) is 0. The van der Waals surface area contributed by atoms with Gasteiger partial charge in [0.2, 0.25) is 0 Å². The summed E-state index contributed by atoms with van der Waals surface area (Å²) in [5, 5.41) is 10.9. The summed E-state index contributed by atoms with van der Waals surface area (Å²) in [4.78, 5) is 0.0983. The number of rotatable bonds is 1. The third-order valence-corrected chi connectivity index (χ3v) is 2.63.